The largest absolute Gasteiger partial charge is 0.338 e. The Hall–Kier alpha value is -2.56. The SMILES string of the molecule is Cc1nc(Nc2n[nH]c(C)c2C(c2cccs2)N2CCCCC2)nc(N2CCN(C)CC2)n1. The van der Waals surface area contributed by atoms with E-state index in [-0.39, 0.29) is 6.04 Å². The van der Waals surface area contributed by atoms with Crippen LogP contribution in [0.4, 0.5) is 17.7 Å². The number of likely N-dealkylation sites (tertiary alicyclic amines) is 1. The van der Waals surface area contributed by atoms with Crippen molar-refractivity contribution in [2.24, 2.45) is 0 Å². The molecule has 0 spiro atoms. The molecule has 9 nitrogen and oxygen atoms in total. The van der Waals surface area contributed by atoms with Crippen molar-refractivity contribution >= 4 is 29.1 Å². The maximum atomic E-state index is 4.77. The highest BCUT2D eigenvalue weighted by Crippen LogP contribution is 2.38. The third-order valence-corrected chi connectivity index (χ3v) is 7.51. The van der Waals surface area contributed by atoms with Gasteiger partial charge in [0.05, 0.1) is 6.04 Å². The van der Waals surface area contributed by atoms with Crippen molar-refractivity contribution in [3.8, 4) is 0 Å². The van der Waals surface area contributed by atoms with Gasteiger partial charge in [0.1, 0.15) is 5.82 Å². The summed E-state index contributed by atoms with van der Waals surface area (Å²) in [7, 11) is 2.15. The predicted octanol–water partition coefficient (Wildman–Crippen LogP) is 3.34. The first-order chi connectivity index (χ1) is 16.1. The average molecular weight is 468 g/mol. The predicted molar refractivity (Wildman–Crippen MR) is 132 cm³/mol. The fraction of sp³-hybridized carbons (Fsp3) is 0.565. The molecule has 2 N–H and O–H groups in total. The topological polar surface area (TPSA) is 89.1 Å². The van der Waals surface area contributed by atoms with Crippen LogP contribution in [0.15, 0.2) is 17.5 Å². The summed E-state index contributed by atoms with van der Waals surface area (Å²) >= 11 is 1.81. The molecular formula is C23H33N9S. The standard InChI is InChI=1S/C23H33N9S/c1-16-19(20(18-8-7-15-33-18)31-9-5-4-6-10-31)21(29-28-16)26-22-24-17(2)25-23(27-22)32-13-11-30(3)12-14-32/h7-8,15,20H,4-6,9-14H2,1-3H3,(H2,24,25,26,27,28,29). The van der Waals surface area contributed by atoms with E-state index in [1.54, 1.807) is 0 Å². The molecule has 2 fully saturated rings. The molecule has 33 heavy (non-hydrogen) atoms. The maximum absolute atomic E-state index is 4.77. The monoisotopic (exact) mass is 467 g/mol. The van der Waals surface area contributed by atoms with Gasteiger partial charge in [-0.2, -0.15) is 20.1 Å². The highest BCUT2D eigenvalue weighted by atomic mass is 32.1. The van der Waals surface area contributed by atoms with Crippen molar-refractivity contribution in [2.45, 2.75) is 39.2 Å². The van der Waals surface area contributed by atoms with Crippen molar-refractivity contribution < 1.29 is 0 Å². The molecule has 3 aromatic rings. The summed E-state index contributed by atoms with van der Waals surface area (Å²) in [5.74, 6) is 2.79. The Morgan fingerprint density at radius 3 is 2.52 bits per heavy atom. The number of likely N-dealkylation sites (N-methyl/N-ethyl adjacent to an activating group) is 1. The number of hydrogen-bond donors (Lipinski definition) is 2. The summed E-state index contributed by atoms with van der Waals surface area (Å²) in [5.41, 5.74) is 2.25. The van der Waals surface area contributed by atoms with E-state index in [0.717, 1.165) is 56.7 Å². The number of nitrogens with one attached hydrogen (secondary N) is 2. The van der Waals surface area contributed by atoms with Gasteiger partial charge < -0.3 is 15.1 Å². The average Bonchev–Trinajstić information content (AvgIpc) is 3.47. The first-order valence-corrected chi connectivity index (χ1v) is 12.7. The zero-order valence-electron chi connectivity index (χ0n) is 19.7. The van der Waals surface area contributed by atoms with Crippen molar-refractivity contribution in [2.75, 3.05) is 56.5 Å². The Labute approximate surface area is 199 Å². The quantitative estimate of drug-likeness (QED) is 0.571. The van der Waals surface area contributed by atoms with Crippen LogP contribution in [-0.2, 0) is 0 Å². The molecule has 0 saturated carbocycles. The Morgan fingerprint density at radius 2 is 1.79 bits per heavy atom. The van der Waals surface area contributed by atoms with Crippen LogP contribution in [0.25, 0.3) is 0 Å². The molecule has 2 saturated heterocycles. The number of piperidine rings is 1. The van der Waals surface area contributed by atoms with E-state index >= 15 is 0 Å². The second kappa shape index (κ2) is 9.74. The highest BCUT2D eigenvalue weighted by Gasteiger charge is 2.30. The molecule has 2 aliphatic rings. The normalized spacial score (nSPS) is 19.1. The van der Waals surface area contributed by atoms with Crippen LogP contribution in [0.3, 0.4) is 0 Å². The summed E-state index contributed by atoms with van der Waals surface area (Å²) < 4.78 is 0. The number of rotatable bonds is 6. The molecule has 3 aromatic heterocycles. The number of aromatic nitrogens is 5. The molecule has 0 aromatic carbocycles. The number of H-pyrrole nitrogens is 1. The zero-order valence-corrected chi connectivity index (χ0v) is 20.5. The van der Waals surface area contributed by atoms with Gasteiger partial charge in [0, 0.05) is 42.3 Å². The van der Waals surface area contributed by atoms with Crippen LogP contribution in [0, 0.1) is 13.8 Å². The number of piperazine rings is 1. The van der Waals surface area contributed by atoms with E-state index in [9.17, 15) is 0 Å². The van der Waals surface area contributed by atoms with E-state index < -0.39 is 0 Å². The van der Waals surface area contributed by atoms with Crippen LogP contribution in [0.2, 0.25) is 0 Å². The second-order valence-corrected chi connectivity index (χ2v) is 10.0. The minimum absolute atomic E-state index is 0.173. The molecule has 0 radical (unpaired) electrons. The molecule has 10 heteroatoms. The molecule has 176 valence electrons. The van der Waals surface area contributed by atoms with E-state index in [2.05, 4.69) is 71.7 Å². The van der Waals surface area contributed by atoms with Gasteiger partial charge in [-0.1, -0.05) is 12.5 Å². The Bertz CT molecular complexity index is 1050. The molecule has 0 aliphatic carbocycles. The molecular weight excluding hydrogens is 434 g/mol. The van der Waals surface area contributed by atoms with Gasteiger partial charge in [-0.15, -0.1) is 11.3 Å². The smallest absolute Gasteiger partial charge is 0.233 e. The summed E-state index contributed by atoms with van der Waals surface area (Å²) in [6.45, 7) is 10.1. The lowest BCUT2D eigenvalue weighted by molar-refractivity contribution is 0.189. The van der Waals surface area contributed by atoms with Crippen LogP contribution in [0.1, 0.15) is 47.3 Å². The highest BCUT2D eigenvalue weighted by molar-refractivity contribution is 7.10. The zero-order chi connectivity index (χ0) is 22.8. The maximum Gasteiger partial charge on any atom is 0.233 e. The lowest BCUT2D eigenvalue weighted by Crippen LogP contribution is -2.45. The molecule has 5 rings (SSSR count). The summed E-state index contributed by atoms with van der Waals surface area (Å²) in [6.07, 6.45) is 3.79. The third-order valence-electron chi connectivity index (χ3n) is 6.59. The molecule has 1 unspecified atom stereocenters. The number of thiophene rings is 1. The second-order valence-electron chi connectivity index (χ2n) is 9.05. The van der Waals surface area contributed by atoms with Crippen LogP contribution < -0.4 is 10.2 Å². The minimum atomic E-state index is 0.173. The lowest BCUT2D eigenvalue weighted by Gasteiger charge is -2.34. The fourth-order valence-electron chi connectivity index (χ4n) is 4.77. The molecule has 0 amide bonds. The van der Waals surface area contributed by atoms with Crippen LogP contribution in [-0.4, -0.2) is 81.3 Å². The first-order valence-electron chi connectivity index (χ1n) is 11.8. The van der Waals surface area contributed by atoms with Crippen molar-refractivity contribution in [3.63, 3.8) is 0 Å². The van der Waals surface area contributed by atoms with Crippen molar-refractivity contribution in [1.29, 1.82) is 0 Å². The van der Waals surface area contributed by atoms with Gasteiger partial charge in [0.25, 0.3) is 0 Å². The summed E-state index contributed by atoms with van der Waals surface area (Å²) in [6, 6.07) is 4.54. The molecule has 5 heterocycles. The van der Waals surface area contributed by atoms with Crippen molar-refractivity contribution in [3.05, 3.63) is 39.5 Å². The van der Waals surface area contributed by atoms with Gasteiger partial charge in [-0.3, -0.25) is 10.00 Å². The molecule has 0 bridgehead atoms. The molecule has 2 aliphatic heterocycles. The Balaban J connectivity index is 1.46. The van der Waals surface area contributed by atoms with Crippen LogP contribution >= 0.6 is 11.3 Å². The number of nitrogens with zero attached hydrogens (tertiary/aromatic N) is 7. The van der Waals surface area contributed by atoms with E-state index in [0.29, 0.717) is 11.8 Å². The minimum Gasteiger partial charge on any atom is -0.338 e. The van der Waals surface area contributed by atoms with Gasteiger partial charge in [0.15, 0.2) is 5.82 Å². The van der Waals surface area contributed by atoms with E-state index in [1.165, 1.54) is 29.7 Å². The van der Waals surface area contributed by atoms with Crippen molar-refractivity contribution in [1.82, 2.24) is 34.9 Å². The van der Waals surface area contributed by atoms with Gasteiger partial charge in [0.2, 0.25) is 11.9 Å². The number of aryl methyl sites for hydroxylation is 2. The first kappa shape index (κ1) is 22.2. The number of aromatic amines is 1. The van der Waals surface area contributed by atoms with E-state index in [1.807, 2.05) is 18.3 Å². The van der Waals surface area contributed by atoms with Crippen LogP contribution in [0.5, 0.6) is 0 Å². The number of hydrogen-bond acceptors (Lipinski definition) is 9. The Morgan fingerprint density at radius 1 is 1.00 bits per heavy atom. The lowest BCUT2D eigenvalue weighted by atomic mass is 10.00. The number of anilines is 3. The molecule has 1 atom stereocenters. The fourth-order valence-corrected chi connectivity index (χ4v) is 5.64. The summed E-state index contributed by atoms with van der Waals surface area (Å²) in [5, 5.41) is 13.5. The third kappa shape index (κ3) is 4.87. The van der Waals surface area contributed by atoms with E-state index in [4.69, 9.17) is 4.98 Å². The van der Waals surface area contributed by atoms with Gasteiger partial charge in [-0.05, 0) is 58.3 Å². The van der Waals surface area contributed by atoms with Gasteiger partial charge in [-0.25, -0.2) is 0 Å². The van der Waals surface area contributed by atoms with Gasteiger partial charge >= 0.3 is 0 Å². The summed E-state index contributed by atoms with van der Waals surface area (Å²) in [4.78, 5) is 22.5. The Kier molecular flexibility index (Phi) is 6.57.